The number of aromatic nitrogens is 3. The molecule has 0 spiro atoms. The van der Waals surface area contributed by atoms with Gasteiger partial charge in [0.05, 0.1) is 7.11 Å². The van der Waals surface area contributed by atoms with Gasteiger partial charge in [-0.25, -0.2) is 15.0 Å². The Labute approximate surface area is 335 Å². The Balaban J connectivity index is 1.05. The number of nitrogens with zero attached hydrogens (tertiary/aromatic N) is 3. The zero-order valence-electron chi connectivity index (χ0n) is 31.7. The van der Waals surface area contributed by atoms with E-state index >= 15 is 0 Å². The first-order valence-corrected chi connectivity index (χ1v) is 19.5. The highest BCUT2D eigenvalue weighted by molar-refractivity contribution is 6.25. The molecule has 0 aliphatic rings. The van der Waals surface area contributed by atoms with Crippen LogP contribution in [0, 0.1) is 0 Å². The topological polar surface area (TPSA) is 47.9 Å². The fraction of sp³-hybridized carbons (Fsp3) is 0.0185. The van der Waals surface area contributed by atoms with Gasteiger partial charge in [0.2, 0.25) is 0 Å². The third-order valence-corrected chi connectivity index (χ3v) is 11.4. The van der Waals surface area contributed by atoms with Gasteiger partial charge in [0.15, 0.2) is 17.5 Å². The van der Waals surface area contributed by atoms with Gasteiger partial charge in [-0.1, -0.05) is 176 Å². The van der Waals surface area contributed by atoms with Gasteiger partial charge < -0.3 is 4.74 Å². The SMILES string of the molecule is COc1cccc(-c2nc(-c3ccccc3)nc(-c3ccc4ccc5ccccc5c4c3)n2)c1-c1ccc(-c2ccc3c4ccccc4c4ccccc4c3c2)cc1. The molecule has 0 unspecified atom stereocenters. The molecule has 0 bridgehead atoms. The van der Waals surface area contributed by atoms with Crippen molar-refractivity contribution in [3.05, 3.63) is 194 Å². The van der Waals surface area contributed by atoms with Gasteiger partial charge >= 0.3 is 0 Å². The Kier molecular flexibility index (Phi) is 8.00. The minimum Gasteiger partial charge on any atom is -0.496 e. The van der Waals surface area contributed by atoms with Crippen LogP contribution in [0.1, 0.15) is 0 Å². The molecule has 0 aliphatic heterocycles. The van der Waals surface area contributed by atoms with Crippen LogP contribution in [0.2, 0.25) is 0 Å². The Morgan fingerprint density at radius 3 is 1.52 bits per heavy atom. The van der Waals surface area contributed by atoms with E-state index in [1.807, 2.05) is 42.5 Å². The largest absolute Gasteiger partial charge is 0.496 e. The summed E-state index contributed by atoms with van der Waals surface area (Å²) in [6, 6.07) is 68.5. The summed E-state index contributed by atoms with van der Waals surface area (Å²) in [5.41, 5.74) is 6.94. The van der Waals surface area contributed by atoms with E-state index in [-0.39, 0.29) is 0 Å². The molecule has 0 atom stereocenters. The van der Waals surface area contributed by atoms with Crippen molar-refractivity contribution >= 4 is 53.9 Å². The average Bonchev–Trinajstić information content (AvgIpc) is 3.31. The van der Waals surface area contributed by atoms with Crippen molar-refractivity contribution in [3.63, 3.8) is 0 Å². The maximum absolute atomic E-state index is 6.05. The molecule has 0 radical (unpaired) electrons. The summed E-state index contributed by atoms with van der Waals surface area (Å²) in [7, 11) is 1.72. The number of hydrogen-bond acceptors (Lipinski definition) is 4. The first-order chi connectivity index (χ1) is 28.7. The Hall–Kier alpha value is -7.69. The van der Waals surface area contributed by atoms with Crippen molar-refractivity contribution < 1.29 is 4.74 Å². The zero-order chi connectivity index (χ0) is 38.6. The molecular formula is C54H35N3O. The fourth-order valence-corrected chi connectivity index (χ4v) is 8.58. The first kappa shape index (κ1) is 33.6. The third kappa shape index (κ3) is 5.65. The van der Waals surface area contributed by atoms with Crippen LogP contribution in [-0.4, -0.2) is 22.1 Å². The van der Waals surface area contributed by atoms with Crippen LogP contribution in [0.5, 0.6) is 5.75 Å². The lowest BCUT2D eigenvalue weighted by molar-refractivity contribution is 0.416. The molecule has 4 heteroatoms. The molecule has 1 heterocycles. The Bertz CT molecular complexity index is 3340. The van der Waals surface area contributed by atoms with Crippen LogP contribution >= 0.6 is 0 Å². The van der Waals surface area contributed by atoms with Crippen LogP contribution in [0.4, 0.5) is 0 Å². The standard InChI is InChI=1S/C54H35N3O/c1-58-50-21-11-20-47(51(50)37-27-22-34(23-28-37)39-30-31-46-44-18-8-7-16-42(44)43-17-9-10-19-45(43)49(46)32-39)54-56-52(38-13-3-2-4-14-38)55-53(57-54)40-29-26-36-25-24-35-12-5-6-15-41(35)48(36)33-40/h2-33H,1H3. The summed E-state index contributed by atoms with van der Waals surface area (Å²) in [5.74, 6) is 2.54. The normalized spacial score (nSPS) is 11.5. The molecular weight excluding hydrogens is 707 g/mol. The summed E-state index contributed by atoms with van der Waals surface area (Å²) >= 11 is 0. The molecule has 4 nitrogen and oxygen atoms in total. The molecule has 272 valence electrons. The molecule has 0 N–H and O–H groups in total. The van der Waals surface area contributed by atoms with E-state index in [1.165, 1.54) is 48.5 Å². The van der Waals surface area contributed by atoms with Gasteiger partial charge in [-0.3, -0.25) is 0 Å². The second-order valence-electron chi connectivity index (χ2n) is 14.7. The smallest absolute Gasteiger partial charge is 0.164 e. The van der Waals surface area contributed by atoms with Crippen molar-refractivity contribution in [2.75, 3.05) is 7.11 Å². The van der Waals surface area contributed by atoms with E-state index in [2.05, 4.69) is 152 Å². The molecule has 11 rings (SSSR count). The van der Waals surface area contributed by atoms with E-state index < -0.39 is 0 Å². The zero-order valence-corrected chi connectivity index (χ0v) is 31.7. The minimum absolute atomic E-state index is 0.577. The highest BCUT2D eigenvalue weighted by Crippen LogP contribution is 2.41. The van der Waals surface area contributed by atoms with Crippen LogP contribution in [0.15, 0.2) is 194 Å². The molecule has 0 saturated heterocycles. The molecule has 0 fully saturated rings. The lowest BCUT2D eigenvalue weighted by Crippen LogP contribution is -2.02. The Morgan fingerprint density at radius 1 is 0.310 bits per heavy atom. The number of methoxy groups -OCH3 is 1. The minimum atomic E-state index is 0.577. The molecule has 11 aromatic rings. The monoisotopic (exact) mass is 741 g/mol. The second kappa shape index (κ2) is 13.8. The van der Waals surface area contributed by atoms with E-state index in [4.69, 9.17) is 19.7 Å². The van der Waals surface area contributed by atoms with Crippen molar-refractivity contribution in [3.8, 4) is 62.2 Å². The number of hydrogen-bond donors (Lipinski definition) is 0. The predicted molar refractivity (Wildman–Crippen MR) is 241 cm³/mol. The average molecular weight is 742 g/mol. The fourth-order valence-electron chi connectivity index (χ4n) is 8.58. The van der Waals surface area contributed by atoms with Gasteiger partial charge in [-0.05, 0) is 88.8 Å². The molecule has 0 aliphatic carbocycles. The number of fused-ring (bicyclic) bond motifs is 9. The van der Waals surface area contributed by atoms with Crippen molar-refractivity contribution in [1.82, 2.24) is 15.0 Å². The van der Waals surface area contributed by atoms with E-state index in [0.717, 1.165) is 50.1 Å². The van der Waals surface area contributed by atoms with Gasteiger partial charge in [0.25, 0.3) is 0 Å². The number of benzene rings is 10. The lowest BCUT2D eigenvalue weighted by Gasteiger charge is -2.16. The summed E-state index contributed by atoms with van der Waals surface area (Å²) in [6.45, 7) is 0. The van der Waals surface area contributed by atoms with Crippen LogP contribution in [0.25, 0.3) is 110 Å². The Morgan fingerprint density at radius 2 is 0.810 bits per heavy atom. The highest BCUT2D eigenvalue weighted by Gasteiger charge is 2.20. The maximum atomic E-state index is 6.05. The summed E-state index contributed by atoms with van der Waals surface area (Å²) in [4.78, 5) is 15.4. The molecule has 10 aromatic carbocycles. The van der Waals surface area contributed by atoms with Gasteiger partial charge in [-0.2, -0.15) is 0 Å². The maximum Gasteiger partial charge on any atom is 0.164 e. The number of ether oxygens (including phenoxy) is 1. The first-order valence-electron chi connectivity index (χ1n) is 19.5. The highest BCUT2D eigenvalue weighted by atomic mass is 16.5. The molecule has 0 saturated carbocycles. The predicted octanol–water partition coefficient (Wildman–Crippen LogP) is 14.0. The van der Waals surface area contributed by atoms with E-state index in [1.54, 1.807) is 7.11 Å². The van der Waals surface area contributed by atoms with Crippen molar-refractivity contribution in [1.29, 1.82) is 0 Å². The molecule has 0 amide bonds. The molecule has 1 aromatic heterocycles. The summed E-state index contributed by atoms with van der Waals surface area (Å²) in [6.07, 6.45) is 0. The summed E-state index contributed by atoms with van der Waals surface area (Å²) < 4.78 is 6.05. The lowest BCUT2D eigenvalue weighted by atomic mass is 9.91. The molecule has 58 heavy (non-hydrogen) atoms. The quantitative estimate of drug-likeness (QED) is 0.159. The number of rotatable bonds is 6. The van der Waals surface area contributed by atoms with Crippen LogP contribution in [-0.2, 0) is 0 Å². The summed E-state index contributed by atoms with van der Waals surface area (Å²) in [5, 5.41) is 12.3. The van der Waals surface area contributed by atoms with Crippen LogP contribution in [0.3, 0.4) is 0 Å². The van der Waals surface area contributed by atoms with Gasteiger partial charge in [0.1, 0.15) is 5.75 Å². The van der Waals surface area contributed by atoms with Crippen molar-refractivity contribution in [2.24, 2.45) is 0 Å². The van der Waals surface area contributed by atoms with E-state index in [9.17, 15) is 0 Å². The van der Waals surface area contributed by atoms with E-state index in [0.29, 0.717) is 17.5 Å². The third-order valence-electron chi connectivity index (χ3n) is 11.4. The van der Waals surface area contributed by atoms with Gasteiger partial charge in [0, 0.05) is 22.3 Å². The van der Waals surface area contributed by atoms with Crippen LogP contribution < -0.4 is 4.74 Å². The second-order valence-corrected chi connectivity index (χ2v) is 14.7. The van der Waals surface area contributed by atoms with Crippen molar-refractivity contribution in [2.45, 2.75) is 0 Å². The van der Waals surface area contributed by atoms with Gasteiger partial charge in [-0.15, -0.1) is 0 Å².